The van der Waals surface area contributed by atoms with Gasteiger partial charge in [-0.25, -0.2) is 4.79 Å². The lowest BCUT2D eigenvalue weighted by atomic mass is 9.81. The number of carbonyl (C=O) groups excluding carboxylic acids is 3. The molecule has 0 radical (unpaired) electrons. The number of benzene rings is 1. The van der Waals surface area contributed by atoms with Crippen LogP contribution in [0.2, 0.25) is 0 Å². The summed E-state index contributed by atoms with van der Waals surface area (Å²) in [5.41, 5.74) is 0.398. The molecule has 0 atom stereocenters. The Labute approximate surface area is 183 Å². The van der Waals surface area contributed by atoms with Gasteiger partial charge in [-0.3, -0.25) is 19.8 Å². The minimum absolute atomic E-state index is 0.263. The minimum atomic E-state index is -0.778. The summed E-state index contributed by atoms with van der Waals surface area (Å²) in [6, 6.07) is 9.60. The summed E-state index contributed by atoms with van der Waals surface area (Å²) in [7, 11) is 1.66. The molecule has 4 rings (SSSR count). The number of likely N-dealkylation sites (N-methyl/N-ethyl adjacent to an activating group) is 1. The standard InChI is InChI=1S/C20H23N5O3S2/c1-24-19(28)25(16(27)20(24)10-6-3-7-11-20)12-15(26)21-17-22-23-18(30-17)29-13-14-8-4-2-5-9-14/h2,4-5,8-9H,3,6-7,10-13H2,1H3,(H,21,22,26). The topological polar surface area (TPSA) is 95.5 Å². The Kier molecular flexibility index (Phi) is 6.05. The predicted octanol–water partition coefficient (Wildman–Crippen LogP) is 3.37. The van der Waals surface area contributed by atoms with Crippen molar-refractivity contribution in [2.75, 3.05) is 18.9 Å². The summed E-state index contributed by atoms with van der Waals surface area (Å²) >= 11 is 2.81. The number of imide groups is 1. The van der Waals surface area contributed by atoms with Crippen molar-refractivity contribution >= 4 is 46.1 Å². The Morgan fingerprint density at radius 1 is 1.17 bits per heavy atom. The first-order valence-electron chi connectivity index (χ1n) is 9.89. The van der Waals surface area contributed by atoms with Gasteiger partial charge >= 0.3 is 6.03 Å². The minimum Gasteiger partial charge on any atom is -0.313 e. The zero-order valence-corrected chi connectivity index (χ0v) is 18.3. The van der Waals surface area contributed by atoms with Crippen LogP contribution in [0.4, 0.5) is 9.93 Å². The van der Waals surface area contributed by atoms with Gasteiger partial charge in [0.2, 0.25) is 11.0 Å². The van der Waals surface area contributed by atoms with E-state index in [1.165, 1.54) is 33.6 Å². The molecule has 1 saturated carbocycles. The molecule has 2 aromatic rings. The highest BCUT2D eigenvalue weighted by atomic mass is 32.2. The molecule has 1 aromatic carbocycles. The number of nitrogens with zero attached hydrogens (tertiary/aromatic N) is 4. The van der Waals surface area contributed by atoms with Crippen LogP contribution in [0.5, 0.6) is 0 Å². The van der Waals surface area contributed by atoms with Crippen LogP contribution in [-0.4, -0.2) is 57.0 Å². The van der Waals surface area contributed by atoms with Gasteiger partial charge in [0.05, 0.1) is 0 Å². The van der Waals surface area contributed by atoms with Crippen molar-refractivity contribution in [1.82, 2.24) is 20.0 Å². The van der Waals surface area contributed by atoms with Crippen molar-refractivity contribution in [2.45, 2.75) is 47.7 Å². The molecule has 1 saturated heterocycles. The van der Waals surface area contributed by atoms with E-state index in [-0.39, 0.29) is 12.5 Å². The van der Waals surface area contributed by atoms with Crippen molar-refractivity contribution in [2.24, 2.45) is 0 Å². The van der Waals surface area contributed by atoms with Gasteiger partial charge < -0.3 is 4.90 Å². The first-order valence-corrected chi connectivity index (χ1v) is 11.7. The average molecular weight is 446 g/mol. The molecule has 1 aliphatic heterocycles. The molecule has 2 fully saturated rings. The number of carbonyl (C=O) groups is 3. The second-order valence-corrected chi connectivity index (χ2v) is 9.72. The van der Waals surface area contributed by atoms with E-state index in [4.69, 9.17) is 0 Å². The first kappa shape index (κ1) is 20.8. The number of anilines is 1. The SMILES string of the molecule is CN1C(=O)N(CC(=O)Nc2nnc(SCc3ccccc3)s2)C(=O)C12CCCCC2. The highest BCUT2D eigenvalue weighted by molar-refractivity contribution is 8.00. The Morgan fingerprint density at radius 2 is 1.90 bits per heavy atom. The molecule has 2 heterocycles. The summed E-state index contributed by atoms with van der Waals surface area (Å²) in [6.45, 7) is -0.310. The summed E-state index contributed by atoms with van der Waals surface area (Å²) in [6.07, 6.45) is 4.21. The van der Waals surface area contributed by atoms with Crippen molar-refractivity contribution in [1.29, 1.82) is 0 Å². The van der Waals surface area contributed by atoms with Crippen LogP contribution >= 0.6 is 23.1 Å². The molecule has 1 aromatic heterocycles. The zero-order chi connectivity index (χ0) is 21.1. The van der Waals surface area contributed by atoms with Gasteiger partial charge in [0, 0.05) is 12.8 Å². The number of thioether (sulfide) groups is 1. The van der Waals surface area contributed by atoms with Crippen molar-refractivity contribution in [3.05, 3.63) is 35.9 Å². The number of amides is 4. The molecular formula is C20H23N5O3S2. The highest BCUT2D eigenvalue weighted by Gasteiger charge is 2.55. The number of hydrogen-bond donors (Lipinski definition) is 1. The van der Waals surface area contributed by atoms with E-state index in [0.717, 1.165) is 34.3 Å². The van der Waals surface area contributed by atoms with Gasteiger partial charge in [-0.2, -0.15) is 0 Å². The van der Waals surface area contributed by atoms with Gasteiger partial charge in [-0.15, -0.1) is 10.2 Å². The molecule has 1 aliphatic carbocycles. The fraction of sp³-hybridized carbons (Fsp3) is 0.450. The Bertz CT molecular complexity index is 943. The second-order valence-electron chi connectivity index (χ2n) is 7.52. The normalized spacial score (nSPS) is 18.3. The van der Waals surface area contributed by atoms with E-state index in [0.29, 0.717) is 18.0 Å². The lowest BCUT2D eigenvalue weighted by molar-refractivity contribution is -0.136. The van der Waals surface area contributed by atoms with Crippen LogP contribution in [0.15, 0.2) is 34.7 Å². The largest absolute Gasteiger partial charge is 0.327 e. The third-order valence-corrected chi connectivity index (χ3v) is 7.69. The summed E-state index contributed by atoms with van der Waals surface area (Å²) < 4.78 is 0.739. The van der Waals surface area contributed by atoms with E-state index in [2.05, 4.69) is 15.5 Å². The van der Waals surface area contributed by atoms with Crippen molar-refractivity contribution in [3.8, 4) is 0 Å². The second kappa shape index (κ2) is 8.73. The predicted molar refractivity (Wildman–Crippen MR) is 115 cm³/mol. The van der Waals surface area contributed by atoms with E-state index in [1.54, 1.807) is 7.05 Å². The first-order chi connectivity index (χ1) is 14.5. The van der Waals surface area contributed by atoms with Crippen molar-refractivity contribution in [3.63, 3.8) is 0 Å². The number of hydrogen-bond acceptors (Lipinski definition) is 7. The molecule has 0 bridgehead atoms. The molecule has 10 heteroatoms. The van der Waals surface area contributed by atoms with Gasteiger partial charge in [-0.05, 0) is 18.4 Å². The molecule has 4 amide bonds. The van der Waals surface area contributed by atoms with E-state index >= 15 is 0 Å². The maximum absolute atomic E-state index is 13.0. The molecule has 30 heavy (non-hydrogen) atoms. The molecule has 1 spiro atoms. The van der Waals surface area contributed by atoms with Gasteiger partial charge in [-0.1, -0.05) is 72.7 Å². The molecule has 0 unspecified atom stereocenters. The summed E-state index contributed by atoms with van der Waals surface area (Å²) in [5, 5.41) is 11.1. The van der Waals surface area contributed by atoms with Crippen LogP contribution in [0.1, 0.15) is 37.7 Å². The van der Waals surface area contributed by atoms with Crippen LogP contribution in [-0.2, 0) is 15.3 Å². The van der Waals surface area contributed by atoms with E-state index in [9.17, 15) is 14.4 Å². The lowest BCUT2D eigenvalue weighted by Crippen LogP contribution is -2.49. The Morgan fingerprint density at radius 3 is 2.63 bits per heavy atom. The molecule has 8 nitrogen and oxygen atoms in total. The number of rotatable bonds is 6. The number of nitrogens with one attached hydrogen (secondary N) is 1. The Balaban J connectivity index is 1.34. The smallest absolute Gasteiger partial charge is 0.313 e. The lowest BCUT2D eigenvalue weighted by Gasteiger charge is -2.35. The monoisotopic (exact) mass is 445 g/mol. The van der Waals surface area contributed by atoms with Crippen LogP contribution in [0, 0.1) is 0 Å². The maximum atomic E-state index is 13.0. The van der Waals surface area contributed by atoms with Gasteiger partial charge in [0.15, 0.2) is 4.34 Å². The van der Waals surface area contributed by atoms with Crippen LogP contribution in [0.3, 0.4) is 0 Å². The fourth-order valence-electron chi connectivity index (χ4n) is 4.01. The Hall–Kier alpha value is -2.46. The van der Waals surface area contributed by atoms with Crippen molar-refractivity contribution < 1.29 is 14.4 Å². The molecular weight excluding hydrogens is 422 g/mol. The summed E-state index contributed by atoms with van der Waals surface area (Å²) in [5.74, 6) is 0.0455. The fourth-order valence-corrected chi connectivity index (χ4v) is 5.74. The van der Waals surface area contributed by atoms with E-state index in [1.807, 2.05) is 30.3 Å². The van der Waals surface area contributed by atoms with Crippen LogP contribution < -0.4 is 5.32 Å². The average Bonchev–Trinajstić information content (AvgIpc) is 3.28. The maximum Gasteiger partial charge on any atom is 0.327 e. The molecule has 2 aliphatic rings. The zero-order valence-electron chi connectivity index (χ0n) is 16.7. The van der Waals surface area contributed by atoms with Gasteiger partial charge in [0.1, 0.15) is 12.1 Å². The number of aromatic nitrogens is 2. The quantitative estimate of drug-likeness (QED) is 0.416. The number of urea groups is 1. The molecule has 158 valence electrons. The third-order valence-electron chi connectivity index (χ3n) is 5.64. The highest BCUT2D eigenvalue weighted by Crippen LogP contribution is 2.39. The summed E-state index contributed by atoms with van der Waals surface area (Å²) in [4.78, 5) is 40.7. The van der Waals surface area contributed by atoms with Gasteiger partial charge in [0.25, 0.3) is 5.91 Å². The molecule has 1 N–H and O–H groups in total. The third kappa shape index (κ3) is 4.06. The van der Waals surface area contributed by atoms with Crippen LogP contribution in [0.25, 0.3) is 0 Å². The van der Waals surface area contributed by atoms with E-state index < -0.39 is 17.5 Å².